The average Bonchev–Trinajstić information content (AvgIpc) is 3.27. The van der Waals surface area contributed by atoms with Crippen molar-refractivity contribution >= 4 is 0 Å². The van der Waals surface area contributed by atoms with E-state index in [1.165, 1.54) is 11.1 Å². The van der Waals surface area contributed by atoms with Gasteiger partial charge in [0.1, 0.15) is 11.5 Å². The second-order valence-corrected chi connectivity index (χ2v) is 10.4. The van der Waals surface area contributed by atoms with Crippen LogP contribution in [0.3, 0.4) is 0 Å². The van der Waals surface area contributed by atoms with Crippen molar-refractivity contribution < 1.29 is 10.2 Å². The lowest BCUT2D eigenvalue weighted by atomic mass is 9.85. The van der Waals surface area contributed by atoms with Crippen LogP contribution in [0.15, 0.2) is 103 Å². The van der Waals surface area contributed by atoms with Crippen LogP contribution >= 0.6 is 0 Å². The summed E-state index contributed by atoms with van der Waals surface area (Å²) in [7, 11) is 0. The van der Waals surface area contributed by atoms with Gasteiger partial charge in [-0.1, -0.05) is 117 Å². The van der Waals surface area contributed by atoms with E-state index in [1.807, 2.05) is 44.2 Å². The van der Waals surface area contributed by atoms with Crippen LogP contribution < -0.4 is 0 Å². The first-order valence-electron chi connectivity index (χ1n) is 14.9. The van der Waals surface area contributed by atoms with Crippen molar-refractivity contribution in [1.82, 2.24) is 4.90 Å². The Morgan fingerprint density at radius 1 is 0.750 bits per heavy atom. The van der Waals surface area contributed by atoms with Crippen LogP contribution in [-0.4, -0.2) is 34.7 Å². The molecule has 3 heteroatoms. The molecule has 40 heavy (non-hydrogen) atoms. The second kappa shape index (κ2) is 15.9. The molecule has 2 unspecified atom stereocenters. The topological polar surface area (TPSA) is 43.7 Å². The number of hydrogen-bond acceptors (Lipinski definition) is 3. The van der Waals surface area contributed by atoms with Gasteiger partial charge in [-0.3, -0.25) is 0 Å². The highest BCUT2D eigenvalue weighted by Gasteiger charge is 2.22. The summed E-state index contributed by atoms with van der Waals surface area (Å²) in [6, 6.07) is 22.4. The fourth-order valence-electron chi connectivity index (χ4n) is 5.47. The fraction of sp³-hybridized carbons (Fsp3) is 0.351. The Hall–Kier alpha value is -3.56. The molecule has 0 spiro atoms. The summed E-state index contributed by atoms with van der Waals surface area (Å²) in [4.78, 5) is 2.50. The van der Waals surface area contributed by atoms with E-state index in [2.05, 4.69) is 92.4 Å². The molecule has 0 amide bonds. The largest absolute Gasteiger partial charge is 0.508 e. The van der Waals surface area contributed by atoms with Crippen LogP contribution in [0.2, 0.25) is 0 Å². The molecule has 3 nitrogen and oxygen atoms in total. The molecule has 0 fully saturated rings. The van der Waals surface area contributed by atoms with E-state index in [0.29, 0.717) is 11.5 Å². The molecule has 1 aliphatic carbocycles. The van der Waals surface area contributed by atoms with Crippen LogP contribution in [0.1, 0.15) is 79.7 Å². The predicted molar refractivity (Wildman–Crippen MR) is 170 cm³/mol. The third kappa shape index (κ3) is 8.47. The average molecular weight is 538 g/mol. The fourth-order valence-corrected chi connectivity index (χ4v) is 5.47. The van der Waals surface area contributed by atoms with Crippen molar-refractivity contribution in [2.24, 2.45) is 0 Å². The van der Waals surface area contributed by atoms with E-state index in [0.717, 1.165) is 61.2 Å². The Kier molecular flexibility index (Phi) is 12.3. The molecule has 2 N–H and O–H groups in total. The number of phenols is 2. The van der Waals surface area contributed by atoms with E-state index in [1.54, 1.807) is 0 Å². The number of allylic oxidation sites excluding steroid dienone is 6. The molecule has 2 atom stereocenters. The zero-order chi connectivity index (χ0) is 28.9. The van der Waals surface area contributed by atoms with Gasteiger partial charge in [0, 0.05) is 23.0 Å². The third-order valence-corrected chi connectivity index (χ3v) is 7.64. The Labute approximate surface area is 242 Å². The van der Waals surface area contributed by atoms with Crippen LogP contribution in [0.4, 0.5) is 0 Å². The summed E-state index contributed by atoms with van der Waals surface area (Å²) in [5.74, 6) is 0.973. The van der Waals surface area contributed by atoms with Crippen LogP contribution in [0.25, 0.3) is 0 Å². The summed E-state index contributed by atoms with van der Waals surface area (Å²) < 4.78 is 0. The van der Waals surface area contributed by atoms with Crippen LogP contribution in [-0.2, 0) is 0 Å². The lowest BCUT2D eigenvalue weighted by Crippen LogP contribution is -2.28. The van der Waals surface area contributed by atoms with E-state index in [4.69, 9.17) is 0 Å². The minimum atomic E-state index is 0.119. The second-order valence-electron chi connectivity index (χ2n) is 10.4. The van der Waals surface area contributed by atoms with Crippen LogP contribution in [0, 0.1) is 13.8 Å². The molecular formula is C37H47NO2. The van der Waals surface area contributed by atoms with E-state index in [-0.39, 0.29) is 11.8 Å². The Bertz CT molecular complexity index is 1290. The monoisotopic (exact) mass is 537 g/mol. The number of benzene rings is 3. The molecule has 0 aromatic heterocycles. The standard InChI is InChI=1S/C35H41NO2.C2H6/c1-4-36(23-21-31(29-14-10-7-11-15-29)33-25-27(3)17-19-35(33)38)22-20-30(28-12-8-5-6-9-13-28)32-24-26(2)16-18-34(32)37;1-2/h5,7-19,24-25,30-31,37-38H,4,6,20-23H2,1-3H3;1-2H3. The number of aryl methyl sites for hydroxylation is 2. The van der Waals surface area contributed by atoms with Gasteiger partial charge < -0.3 is 15.1 Å². The number of phenolic OH excluding ortho intramolecular Hbond substituents is 2. The Morgan fingerprint density at radius 2 is 1.32 bits per heavy atom. The van der Waals surface area contributed by atoms with Gasteiger partial charge >= 0.3 is 0 Å². The third-order valence-electron chi connectivity index (χ3n) is 7.64. The van der Waals surface area contributed by atoms with E-state index >= 15 is 0 Å². The van der Waals surface area contributed by atoms with Crippen molar-refractivity contribution in [3.63, 3.8) is 0 Å². The molecular weight excluding hydrogens is 490 g/mol. The molecule has 3 aromatic carbocycles. The molecule has 0 saturated heterocycles. The highest BCUT2D eigenvalue weighted by Crippen LogP contribution is 2.37. The molecule has 0 heterocycles. The number of rotatable bonds is 11. The van der Waals surface area contributed by atoms with Crippen molar-refractivity contribution in [3.8, 4) is 11.5 Å². The van der Waals surface area contributed by atoms with Gasteiger partial charge in [0.2, 0.25) is 0 Å². The maximum absolute atomic E-state index is 10.8. The maximum Gasteiger partial charge on any atom is 0.119 e. The lowest BCUT2D eigenvalue weighted by molar-refractivity contribution is 0.271. The van der Waals surface area contributed by atoms with Crippen molar-refractivity contribution in [3.05, 3.63) is 131 Å². The summed E-state index contributed by atoms with van der Waals surface area (Å²) in [5, 5.41) is 21.6. The maximum atomic E-state index is 10.8. The van der Waals surface area contributed by atoms with Gasteiger partial charge in [-0.15, -0.1) is 0 Å². The first-order chi connectivity index (χ1) is 19.5. The molecule has 1 aliphatic rings. The highest BCUT2D eigenvalue weighted by molar-refractivity contribution is 5.46. The van der Waals surface area contributed by atoms with Gasteiger partial charge in [-0.2, -0.15) is 0 Å². The van der Waals surface area contributed by atoms with Gasteiger partial charge in [0.05, 0.1) is 0 Å². The van der Waals surface area contributed by atoms with Crippen LogP contribution in [0.5, 0.6) is 11.5 Å². The zero-order valence-electron chi connectivity index (χ0n) is 25.0. The van der Waals surface area contributed by atoms with Crippen molar-refractivity contribution in [1.29, 1.82) is 0 Å². The molecule has 3 aromatic rings. The first kappa shape index (κ1) is 31.0. The van der Waals surface area contributed by atoms with Gasteiger partial charge in [-0.05, 0) is 76.0 Å². The van der Waals surface area contributed by atoms with Gasteiger partial charge in [0.25, 0.3) is 0 Å². The summed E-state index contributed by atoms with van der Waals surface area (Å²) in [5.41, 5.74) is 6.78. The Balaban J connectivity index is 0.00000216. The summed E-state index contributed by atoms with van der Waals surface area (Å²) >= 11 is 0. The number of aromatic hydroxyl groups is 2. The molecule has 0 bridgehead atoms. The van der Waals surface area contributed by atoms with E-state index < -0.39 is 0 Å². The number of hydrogen-bond donors (Lipinski definition) is 2. The van der Waals surface area contributed by atoms with Gasteiger partial charge in [0.15, 0.2) is 0 Å². The highest BCUT2D eigenvalue weighted by atomic mass is 16.3. The summed E-state index contributed by atoms with van der Waals surface area (Å²) in [6.07, 6.45) is 13.7. The molecule has 0 saturated carbocycles. The zero-order valence-corrected chi connectivity index (χ0v) is 25.0. The minimum absolute atomic E-state index is 0.119. The molecule has 4 rings (SSSR count). The summed E-state index contributed by atoms with van der Waals surface area (Å²) in [6.45, 7) is 13.2. The molecule has 212 valence electrons. The minimum Gasteiger partial charge on any atom is -0.508 e. The smallest absolute Gasteiger partial charge is 0.119 e. The molecule has 0 aliphatic heterocycles. The normalized spacial score (nSPS) is 14.2. The SMILES string of the molecule is CC.CCN(CCC(C1=CC=CCC=C1)c1cc(C)ccc1O)CCC(c1ccccc1)c1cc(C)ccc1O. The molecule has 0 radical (unpaired) electrons. The van der Waals surface area contributed by atoms with Crippen molar-refractivity contribution in [2.45, 2.75) is 65.7 Å². The van der Waals surface area contributed by atoms with Crippen molar-refractivity contribution in [2.75, 3.05) is 19.6 Å². The predicted octanol–water partition coefficient (Wildman–Crippen LogP) is 9.20. The van der Waals surface area contributed by atoms with Gasteiger partial charge in [-0.25, -0.2) is 0 Å². The number of nitrogens with zero attached hydrogens (tertiary/aromatic N) is 1. The Morgan fingerprint density at radius 3 is 1.93 bits per heavy atom. The van der Waals surface area contributed by atoms with E-state index in [9.17, 15) is 10.2 Å². The first-order valence-corrected chi connectivity index (χ1v) is 14.9. The lowest BCUT2D eigenvalue weighted by Gasteiger charge is -2.28. The quantitative estimate of drug-likeness (QED) is 0.256.